The summed E-state index contributed by atoms with van der Waals surface area (Å²) in [4.78, 5) is 13.1. The third-order valence-electron chi connectivity index (χ3n) is 4.78. The lowest BCUT2D eigenvalue weighted by Crippen LogP contribution is -2.02. The molecule has 26 heavy (non-hydrogen) atoms. The van der Waals surface area contributed by atoms with Gasteiger partial charge in [0.05, 0.1) is 7.11 Å². The number of hydrogen-bond donors (Lipinski definition) is 0. The Labute approximate surface area is 156 Å². The van der Waals surface area contributed by atoms with Gasteiger partial charge in [0.25, 0.3) is 0 Å². The first-order valence-corrected chi connectivity index (χ1v) is 9.53. The Morgan fingerprint density at radius 3 is 2.08 bits per heavy atom. The van der Waals surface area contributed by atoms with E-state index < -0.39 is 0 Å². The van der Waals surface area contributed by atoms with Crippen molar-refractivity contribution >= 4 is 31.5 Å². The second-order valence-corrected chi connectivity index (χ2v) is 7.86. The largest absolute Gasteiger partial charge is 0.497 e. The van der Waals surface area contributed by atoms with Crippen molar-refractivity contribution in [3.63, 3.8) is 0 Å². The second kappa shape index (κ2) is 6.58. The van der Waals surface area contributed by atoms with E-state index in [9.17, 15) is 4.79 Å². The minimum atomic E-state index is 0.117. The zero-order valence-electron chi connectivity index (χ0n) is 15.1. The van der Waals surface area contributed by atoms with Crippen molar-refractivity contribution in [1.82, 2.24) is 0 Å². The van der Waals surface area contributed by atoms with E-state index >= 15 is 0 Å². The van der Waals surface area contributed by atoms with Crippen LogP contribution < -0.4 is 10.2 Å². The Bertz CT molecular complexity index is 1150. The Morgan fingerprint density at radius 2 is 1.42 bits per heavy atom. The van der Waals surface area contributed by atoms with Crippen LogP contribution in [0.2, 0.25) is 0 Å². The average molecular weight is 360 g/mol. The van der Waals surface area contributed by atoms with Crippen molar-refractivity contribution in [2.24, 2.45) is 0 Å². The molecule has 0 amide bonds. The second-order valence-electron chi connectivity index (χ2n) is 6.78. The van der Waals surface area contributed by atoms with E-state index in [-0.39, 0.29) is 5.43 Å². The Morgan fingerprint density at radius 1 is 0.808 bits per heavy atom. The molecule has 0 radical (unpaired) electrons. The van der Waals surface area contributed by atoms with E-state index in [1.54, 1.807) is 18.4 Å². The molecular formula is C23H20O2S. The van der Waals surface area contributed by atoms with Gasteiger partial charge in [-0.05, 0) is 59.0 Å². The lowest BCUT2D eigenvalue weighted by atomic mass is 10.0. The van der Waals surface area contributed by atoms with Crippen molar-refractivity contribution in [3.05, 3.63) is 76.5 Å². The van der Waals surface area contributed by atoms with E-state index in [0.29, 0.717) is 5.92 Å². The van der Waals surface area contributed by atoms with Crippen molar-refractivity contribution in [2.45, 2.75) is 19.8 Å². The van der Waals surface area contributed by atoms with Gasteiger partial charge in [-0.1, -0.05) is 38.1 Å². The highest BCUT2D eigenvalue weighted by Crippen LogP contribution is 2.30. The molecule has 0 bridgehead atoms. The zero-order valence-corrected chi connectivity index (χ0v) is 15.9. The van der Waals surface area contributed by atoms with Crippen LogP contribution in [0.3, 0.4) is 0 Å². The molecular weight excluding hydrogens is 340 g/mol. The maximum atomic E-state index is 13.1. The maximum absolute atomic E-state index is 13.1. The van der Waals surface area contributed by atoms with Gasteiger partial charge in [0.2, 0.25) is 0 Å². The first-order valence-electron chi connectivity index (χ1n) is 8.72. The Balaban J connectivity index is 1.92. The van der Waals surface area contributed by atoms with Crippen molar-refractivity contribution in [2.75, 3.05) is 7.11 Å². The average Bonchev–Trinajstić information content (AvgIpc) is 2.68. The minimum absolute atomic E-state index is 0.117. The smallest absolute Gasteiger partial charge is 0.195 e. The molecule has 3 heteroatoms. The standard InChI is InChI=1S/C23H20O2S/c1-14(2)16-6-10-21-19(12-16)23(24)20-13-17(7-11-22(20)26-21)15-4-8-18(25-3)9-5-15/h4-14H,1-3H3. The number of hydrogen-bond acceptors (Lipinski definition) is 3. The number of methoxy groups -OCH3 is 1. The molecule has 0 aliphatic rings. The van der Waals surface area contributed by atoms with E-state index in [2.05, 4.69) is 44.2 Å². The van der Waals surface area contributed by atoms with Crippen molar-refractivity contribution in [3.8, 4) is 16.9 Å². The summed E-state index contributed by atoms with van der Waals surface area (Å²) < 4.78 is 7.30. The lowest BCUT2D eigenvalue weighted by molar-refractivity contribution is 0.415. The van der Waals surface area contributed by atoms with Crippen molar-refractivity contribution < 1.29 is 4.74 Å². The molecule has 2 nitrogen and oxygen atoms in total. The normalized spacial score (nSPS) is 11.4. The molecule has 1 heterocycles. The van der Waals surface area contributed by atoms with Crippen molar-refractivity contribution in [1.29, 1.82) is 0 Å². The van der Waals surface area contributed by atoms with Gasteiger partial charge in [0.1, 0.15) is 5.75 Å². The van der Waals surface area contributed by atoms with E-state index in [1.165, 1.54) is 5.56 Å². The molecule has 0 aliphatic heterocycles. The molecule has 0 spiro atoms. The summed E-state index contributed by atoms with van der Waals surface area (Å²) in [6.07, 6.45) is 0. The minimum Gasteiger partial charge on any atom is -0.497 e. The molecule has 4 aromatic rings. The van der Waals surface area contributed by atoms with Gasteiger partial charge in [-0.25, -0.2) is 0 Å². The van der Waals surface area contributed by atoms with Crippen LogP contribution in [0, 0.1) is 0 Å². The van der Waals surface area contributed by atoms with Gasteiger partial charge < -0.3 is 4.74 Å². The van der Waals surface area contributed by atoms with Gasteiger partial charge in [-0.15, -0.1) is 11.3 Å². The Kier molecular flexibility index (Phi) is 4.25. The molecule has 130 valence electrons. The van der Waals surface area contributed by atoms with E-state index in [1.807, 2.05) is 30.3 Å². The fraction of sp³-hybridized carbons (Fsp3) is 0.174. The maximum Gasteiger partial charge on any atom is 0.195 e. The molecule has 0 unspecified atom stereocenters. The lowest BCUT2D eigenvalue weighted by Gasteiger charge is -2.08. The molecule has 0 saturated carbocycles. The SMILES string of the molecule is COc1ccc(-c2ccc3sc4ccc(C(C)C)cc4c(=O)c3c2)cc1. The molecule has 0 saturated heterocycles. The molecule has 1 aromatic heterocycles. The first-order chi connectivity index (χ1) is 12.6. The first kappa shape index (κ1) is 16.8. The monoisotopic (exact) mass is 360 g/mol. The fourth-order valence-electron chi connectivity index (χ4n) is 3.20. The van der Waals surface area contributed by atoms with Gasteiger partial charge in [0.15, 0.2) is 5.43 Å². The predicted octanol–water partition coefficient (Wildman–Crippen LogP) is 6.21. The predicted molar refractivity (Wildman–Crippen MR) is 112 cm³/mol. The molecule has 0 aliphatic carbocycles. The molecule has 4 rings (SSSR count). The van der Waals surface area contributed by atoms with Gasteiger partial charge in [-0.3, -0.25) is 4.79 Å². The summed E-state index contributed by atoms with van der Waals surface area (Å²) >= 11 is 1.68. The van der Waals surface area contributed by atoms with Gasteiger partial charge >= 0.3 is 0 Å². The summed E-state index contributed by atoms with van der Waals surface area (Å²) in [6.45, 7) is 4.30. The van der Waals surface area contributed by atoms with Crippen LogP contribution in [0.1, 0.15) is 25.3 Å². The van der Waals surface area contributed by atoms with Gasteiger partial charge in [-0.2, -0.15) is 0 Å². The number of rotatable bonds is 3. The summed E-state index contributed by atoms with van der Waals surface area (Å²) in [6, 6.07) is 20.3. The van der Waals surface area contributed by atoms with Crippen LogP contribution in [0.4, 0.5) is 0 Å². The quantitative estimate of drug-likeness (QED) is 0.406. The van der Waals surface area contributed by atoms with Gasteiger partial charge in [0, 0.05) is 20.2 Å². The third-order valence-corrected chi connectivity index (χ3v) is 5.93. The van der Waals surface area contributed by atoms with E-state index in [4.69, 9.17) is 4.74 Å². The molecule has 0 atom stereocenters. The van der Waals surface area contributed by atoms with Crippen LogP contribution >= 0.6 is 11.3 Å². The topological polar surface area (TPSA) is 26.3 Å². The molecule has 0 fully saturated rings. The highest BCUT2D eigenvalue weighted by Gasteiger charge is 2.10. The van der Waals surface area contributed by atoms with Crippen LogP contribution in [0.15, 0.2) is 65.5 Å². The van der Waals surface area contributed by atoms with E-state index in [0.717, 1.165) is 37.0 Å². The summed E-state index contributed by atoms with van der Waals surface area (Å²) in [5.74, 6) is 1.23. The number of fused-ring (bicyclic) bond motifs is 2. The summed E-state index contributed by atoms with van der Waals surface area (Å²) in [7, 11) is 1.66. The zero-order chi connectivity index (χ0) is 18.3. The summed E-state index contributed by atoms with van der Waals surface area (Å²) in [5, 5.41) is 1.61. The third kappa shape index (κ3) is 2.89. The molecule has 3 aromatic carbocycles. The number of benzene rings is 3. The highest BCUT2D eigenvalue weighted by molar-refractivity contribution is 7.24. The van der Waals surface area contributed by atoms with Crippen LogP contribution in [-0.4, -0.2) is 7.11 Å². The van der Waals surface area contributed by atoms with Crippen LogP contribution in [-0.2, 0) is 0 Å². The van der Waals surface area contributed by atoms with Crippen LogP contribution in [0.5, 0.6) is 5.75 Å². The Hall–Kier alpha value is -2.65. The number of ether oxygens (including phenoxy) is 1. The highest BCUT2D eigenvalue weighted by atomic mass is 32.1. The fourth-order valence-corrected chi connectivity index (χ4v) is 4.23. The summed E-state index contributed by atoms with van der Waals surface area (Å²) in [5.41, 5.74) is 3.44. The molecule has 0 N–H and O–H groups in total. The van der Waals surface area contributed by atoms with Crippen LogP contribution in [0.25, 0.3) is 31.3 Å².